The van der Waals surface area contributed by atoms with E-state index < -0.39 is 16.1 Å². The Morgan fingerprint density at radius 1 is 1.20 bits per heavy atom. The maximum atomic E-state index is 11.9. The lowest BCUT2D eigenvalue weighted by atomic mass is 10.2. The van der Waals surface area contributed by atoms with Gasteiger partial charge in [0, 0.05) is 0 Å². The first-order chi connectivity index (χ1) is 9.40. The number of hydrogen-bond donors (Lipinski definition) is 0. The SMILES string of the molecule is CCOC(=O)/C(CC)=N\OS(=O)(=O)c1ccc(C)cc1. The Bertz CT molecular complexity index is 590. The van der Waals surface area contributed by atoms with Crippen molar-refractivity contribution in [2.24, 2.45) is 5.16 Å². The summed E-state index contributed by atoms with van der Waals surface area (Å²) in [7, 11) is -4.03. The van der Waals surface area contributed by atoms with Gasteiger partial charge in [0.2, 0.25) is 0 Å². The first-order valence-electron chi connectivity index (χ1n) is 6.15. The number of ether oxygens (including phenoxy) is 1. The minimum atomic E-state index is -4.03. The molecule has 1 rings (SSSR count). The average Bonchev–Trinajstić information content (AvgIpc) is 2.40. The molecule has 0 aliphatic rings. The van der Waals surface area contributed by atoms with Gasteiger partial charge in [0.1, 0.15) is 4.90 Å². The number of esters is 1. The summed E-state index contributed by atoms with van der Waals surface area (Å²) < 4.78 is 33.0. The molecule has 0 aromatic heterocycles. The van der Waals surface area contributed by atoms with Crippen molar-refractivity contribution in [1.82, 2.24) is 0 Å². The van der Waals surface area contributed by atoms with Gasteiger partial charge in [-0.1, -0.05) is 29.8 Å². The molecule has 0 aliphatic heterocycles. The molecule has 0 saturated carbocycles. The Morgan fingerprint density at radius 2 is 1.80 bits per heavy atom. The van der Waals surface area contributed by atoms with Gasteiger partial charge in [0.25, 0.3) is 0 Å². The highest BCUT2D eigenvalue weighted by Crippen LogP contribution is 2.13. The van der Waals surface area contributed by atoms with E-state index in [0.717, 1.165) is 5.56 Å². The molecule has 1 aromatic rings. The summed E-state index contributed by atoms with van der Waals surface area (Å²) in [6.45, 7) is 5.32. The third-order valence-corrected chi connectivity index (χ3v) is 3.52. The monoisotopic (exact) mass is 299 g/mol. The van der Waals surface area contributed by atoms with Crippen molar-refractivity contribution in [1.29, 1.82) is 0 Å². The van der Waals surface area contributed by atoms with Crippen LogP contribution in [0.3, 0.4) is 0 Å². The first-order valence-corrected chi connectivity index (χ1v) is 7.55. The lowest BCUT2D eigenvalue weighted by Crippen LogP contribution is -2.18. The van der Waals surface area contributed by atoms with Gasteiger partial charge in [0.15, 0.2) is 5.71 Å². The summed E-state index contributed by atoms with van der Waals surface area (Å²) in [5.41, 5.74) is 0.843. The van der Waals surface area contributed by atoms with E-state index in [9.17, 15) is 13.2 Å². The number of rotatable bonds is 6. The summed E-state index contributed by atoms with van der Waals surface area (Å²) in [6, 6.07) is 6.12. The molecule has 0 amide bonds. The molecular weight excluding hydrogens is 282 g/mol. The van der Waals surface area contributed by atoms with Crippen LogP contribution in [0.15, 0.2) is 34.3 Å². The van der Waals surface area contributed by atoms with Crippen molar-refractivity contribution >= 4 is 21.8 Å². The fourth-order valence-electron chi connectivity index (χ4n) is 1.30. The average molecular weight is 299 g/mol. The van der Waals surface area contributed by atoms with Crippen LogP contribution in [0, 0.1) is 6.92 Å². The van der Waals surface area contributed by atoms with Crippen molar-refractivity contribution in [3.63, 3.8) is 0 Å². The number of oxime groups is 1. The zero-order valence-corrected chi connectivity index (χ0v) is 12.4. The largest absolute Gasteiger partial charge is 0.461 e. The summed E-state index contributed by atoms with van der Waals surface area (Å²) in [4.78, 5) is 11.4. The molecular formula is C13H17NO5S. The Hall–Kier alpha value is -1.89. The van der Waals surface area contributed by atoms with E-state index in [1.54, 1.807) is 26.0 Å². The van der Waals surface area contributed by atoms with Crippen molar-refractivity contribution in [3.05, 3.63) is 29.8 Å². The highest BCUT2D eigenvalue weighted by molar-refractivity contribution is 7.86. The van der Waals surface area contributed by atoms with Gasteiger partial charge < -0.3 is 4.74 Å². The normalized spacial score (nSPS) is 12.1. The molecule has 0 unspecified atom stereocenters. The molecule has 0 atom stereocenters. The third kappa shape index (κ3) is 4.34. The van der Waals surface area contributed by atoms with E-state index in [-0.39, 0.29) is 23.6 Å². The summed E-state index contributed by atoms with van der Waals surface area (Å²) >= 11 is 0. The van der Waals surface area contributed by atoms with Crippen molar-refractivity contribution in [2.75, 3.05) is 6.61 Å². The maximum absolute atomic E-state index is 11.9. The lowest BCUT2D eigenvalue weighted by molar-refractivity contribution is -0.135. The van der Waals surface area contributed by atoms with Crippen LogP contribution >= 0.6 is 0 Å². The molecule has 20 heavy (non-hydrogen) atoms. The van der Waals surface area contributed by atoms with Crippen molar-refractivity contribution < 1.29 is 22.2 Å². The molecule has 0 aliphatic carbocycles. The molecule has 1 aromatic carbocycles. The van der Waals surface area contributed by atoms with E-state index in [4.69, 9.17) is 4.74 Å². The van der Waals surface area contributed by atoms with Crippen molar-refractivity contribution in [3.8, 4) is 0 Å². The highest BCUT2D eigenvalue weighted by Gasteiger charge is 2.18. The smallest absolute Gasteiger partial charge is 0.358 e. The number of benzene rings is 1. The Balaban J connectivity index is 2.90. The molecule has 0 bridgehead atoms. The van der Waals surface area contributed by atoms with Crippen LogP contribution in [0.5, 0.6) is 0 Å². The Morgan fingerprint density at radius 3 is 2.30 bits per heavy atom. The molecule has 0 fully saturated rings. The Labute approximate surface area is 118 Å². The zero-order chi connectivity index (χ0) is 15.2. The fraction of sp³-hybridized carbons (Fsp3) is 0.385. The highest BCUT2D eigenvalue weighted by atomic mass is 32.2. The van der Waals surface area contributed by atoms with Crippen molar-refractivity contribution in [2.45, 2.75) is 32.1 Å². The molecule has 0 N–H and O–H groups in total. The second-order valence-electron chi connectivity index (χ2n) is 3.95. The second-order valence-corrected chi connectivity index (χ2v) is 5.48. The number of carbonyl (C=O) groups is 1. The molecule has 7 heteroatoms. The standard InChI is InChI=1S/C13H17NO5S/c1-4-12(13(15)18-5-2)14-19-20(16,17)11-8-6-10(3)7-9-11/h6-9H,4-5H2,1-3H3/b14-12-. The molecule has 0 radical (unpaired) electrons. The molecule has 0 saturated heterocycles. The predicted octanol–water partition coefficient (Wildman–Crippen LogP) is 2.03. The number of nitrogens with zero attached hydrogens (tertiary/aromatic N) is 1. The molecule has 0 spiro atoms. The summed E-state index contributed by atoms with van der Waals surface area (Å²) in [5.74, 6) is -0.686. The van der Waals surface area contributed by atoms with Gasteiger partial charge in [-0.3, -0.25) is 4.28 Å². The van der Waals surface area contributed by atoms with Gasteiger partial charge in [-0.05, 0) is 32.4 Å². The van der Waals surface area contributed by atoms with Gasteiger partial charge in [-0.2, -0.15) is 8.42 Å². The van der Waals surface area contributed by atoms with Gasteiger partial charge >= 0.3 is 16.1 Å². The minimum Gasteiger partial charge on any atom is -0.461 e. The van der Waals surface area contributed by atoms with Gasteiger partial charge in [-0.25, -0.2) is 4.79 Å². The van der Waals surface area contributed by atoms with E-state index in [2.05, 4.69) is 9.44 Å². The predicted molar refractivity (Wildman–Crippen MR) is 73.8 cm³/mol. The van der Waals surface area contributed by atoms with E-state index in [0.29, 0.717) is 0 Å². The van der Waals surface area contributed by atoms with Crippen LogP contribution in [-0.2, 0) is 23.9 Å². The van der Waals surface area contributed by atoms with Crippen LogP contribution in [-0.4, -0.2) is 26.7 Å². The molecule has 6 nitrogen and oxygen atoms in total. The number of hydrogen-bond acceptors (Lipinski definition) is 6. The zero-order valence-electron chi connectivity index (χ0n) is 11.6. The van der Waals surface area contributed by atoms with Gasteiger partial charge in [0.05, 0.1) is 6.61 Å². The van der Waals surface area contributed by atoms with Crippen LogP contribution in [0.25, 0.3) is 0 Å². The number of aryl methyl sites for hydroxylation is 1. The maximum Gasteiger partial charge on any atom is 0.358 e. The van der Waals surface area contributed by atoms with Crippen LogP contribution < -0.4 is 0 Å². The number of carbonyl (C=O) groups excluding carboxylic acids is 1. The van der Waals surface area contributed by atoms with Crippen LogP contribution in [0.2, 0.25) is 0 Å². The van der Waals surface area contributed by atoms with E-state index in [1.807, 2.05) is 6.92 Å². The van der Waals surface area contributed by atoms with E-state index >= 15 is 0 Å². The van der Waals surface area contributed by atoms with Gasteiger partial charge in [-0.15, -0.1) is 0 Å². The summed E-state index contributed by atoms with van der Waals surface area (Å²) in [6.07, 6.45) is 0.211. The van der Waals surface area contributed by atoms with E-state index in [1.165, 1.54) is 12.1 Å². The summed E-state index contributed by atoms with van der Waals surface area (Å²) in [5, 5.41) is 3.39. The topological polar surface area (TPSA) is 82.0 Å². The van der Waals surface area contributed by atoms with Crippen LogP contribution in [0.1, 0.15) is 25.8 Å². The third-order valence-electron chi connectivity index (χ3n) is 2.40. The minimum absolute atomic E-state index is 0.0221. The second kappa shape index (κ2) is 7.04. The first kappa shape index (κ1) is 16.2. The Kier molecular flexibility index (Phi) is 5.69. The van der Waals surface area contributed by atoms with Crippen LogP contribution in [0.4, 0.5) is 0 Å². The quantitative estimate of drug-likeness (QED) is 0.456. The molecule has 110 valence electrons. The lowest BCUT2D eigenvalue weighted by Gasteiger charge is -2.05. The molecule has 0 heterocycles. The fourth-order valence-corrected chi connectivity index (χ4v) is 2.05.